The largest absolute Gasteiger partial charge is 0.339 e. The first-order valence-corrected chi connectivity index (χ1v) is 6.80. The van der Waals surface area contributed by atoms with Crippen LogP contribution in [-0.4, -0.2) is 28.7 Å². The van der Waals surface area contributed by atoms with Crippen molar-refractivity contribution in [2.24, 2.45) is 5.92 Å². The summed E-state index contributed by atoms with van der Waals surface area (Å²) >= 11 is 3.28. The number of nitrogens with zero attached hydrogens (tertiary/aromatic N) is 1. The smallest absolute Gasteiger partial charge is 0.233 e. The Morgan fingerprint density at radius 3 is 2.71 bits per heavy atom. The van der Waals surface area contributed by atoms with Crippen LogP contribution in [0.3, 0.4) is 0 Å². The molecule has 0 unspecified atom stereocenters. The van der Waals surface area contributed by atoms with Gasteiger partial charge in [-0.2, -0.15) is 0 Å². The third kappa shape index (κ3) is 1.97. The molecule has 0 aromatic heterocycles. The summed E-state index contributed by atoms with van der Waals surface area (Å²) in [6.07, 6.45) is 7.82. The Morgan fingerprint density at radius 1 is 1.21 bits per heavy atom. The number of carbonyl (C=O) groups excluding carboxylic acids is 1. The summed E-state index contributed by atoms with van der Waals surface area (Å²) in [6.45, 7) is 0.992. The van der Waals surface area contributed by atoms with E-state index in [4.69, 9.17) is 0 Å². The van der Waals surface area contributed by atoms with Crippen LogP contribution in [0.4, 0.5) is 0 Å². The van der Waals surface area contributed by atoms with Crippen LogP contribution in [0.1, 0.15) is 38.5 Å². The molecular formula is C11H18BrNO. The number of rotatable bonds is 1. The average Bonchev–Trinajstić information content (AvgIpc) is 2.27. The number of hydrogen-bond donors (Lipinski definition) is 0. The molecule has 0 aromatic carbocycles. The van der Waals surface area contributed by atoms with Gasteiger partial charge in [0.25, 0.3) is 0 Å². The zero-order chi connectivity index (χ0) is 9.97. The van der Waals surface area contributed by atoms with Crippen LogP contribution in [-0.2, 0) is 4.79 Å². The van der Waals surface area contributed by atoms with Crippen molar-refractivity contribution < 1.29 is 4.79 Å². The van der Waals surface area contributed by atoms with E-state index in [-0.39, 0.29) is 0 Å². The van der Waals surface area contributed by atoms with Crippen LogP contribution in [0.2, 0.25) is 0 Å². The molecule has 1 saturated heterocycles. The van der Waals surface area contributed by atoms with Gasteiger partial charge >= 0.3 is 0 Å². The highest BCUT2D eigenvalue weighted by atomic mass is 79.9. The molecule has 1 aliphatic heterocycles. The molecule has 0 bridgehead atoms. The third-order valence-corrected chi connectivity index (χ3v) is 4.16. The van der Waals surface area contributed by atoms with Gasteiger partial charge in [-0.15, -0.1) is 0 Å². The minimum Gasteiger partial charge on any atom is -0.339 e. The van der Waals surface area contributed by atoms with E-state index < -0.39 is 0 Å². The molecule has 1 aliphatic carbocycles. The Kier molecular flexibility index (Phi) is 3.47. The van der Waals surface area contributed by atoms with Gasteiger partial charge in [0, 0.05) is 12.6 Å². The number of fused-ring (bicyclic) bond motifs is 1. The van der Waals surface area contributed by atoms with E-state index in [1.165, 1.54) is 38.5 Å². The van der Waals surface area contributed by atoms with Crippen LogP contribution >= 0.6 is 15.9 Å². The second kappa shape index (κ2) is 4.65. The Labute approximate surface area is 94.2 Å². The van der Waals surface area contributed by atoms with Gasteiger partial charge < -0.3 is 4.90 Å². The van der Waals surface area contributed by atoms with Gasteiger partial charge in [-0.05, 0) is 31.6 Å². The maximum absolute atomic E-state index is 11.7. The van der Waals surface area contributed by atoms with Crippen molar-refractivity contribution in [2.75, 3.05) is 11.9 Å². The van der Waals surface area contributed by atoms with Crippen molar-refractivity contribution in [2.45, 2.75) is 44.6 Å². The van der Waals surface area contributed by atoms with E-state index in [2.05, 4.69) is 20.8 Å². The molecule has 0 aromatic rings. The van der Waals surface area contributed by atoms with Crippen molar-refractivity contribution in [3.63, 3.8) is 0 Å². The summed E-state index contributed by atoms with van der Waals surface area (Å²) < 4.78 is 0. The van der Waals surface area contributed by atoms with Crippen LogP contribution in [0.25, 0.3) is 0 Å². The van der Waals surface area contributed by atoms with Crippen molar-refractivity contribution >= 4 is 21.8 Å². The summed E-state index contributed by atoms with van der Waals surface area (Å²) in [5.41, 5.74) is 0. The molecule has 1 heterocycles. The minimum atomic E-state index is 0.293. The highest BCUT2D eigenvalue weighted by Crippen LogP contribution is 2.35. The average molecular weight is 260 g/mol. The Hall–Kier alpha value is -0.0500. The molecule has 14 heavy (non-hydrogen) atoms. The van der Waals surface area contributed by atoms with E-state index in [1.54, 1.807) is 0 Å². The first-order valence-electron chi connectivity index (χ1n) is 5.68. The van der Waals surface area contributed by atoms with Crippen LogP contribution in [0.5, 0.6) is 0 Å². The standard InChI is InChI=1S/C11H18BrNO/c12-8-11(14)13-7-3-5-9-4-1-2-6-10(9)13/h9-10H,1-8H2/t9-,10-/m0/s1. The topological polar surface area (TPSA) is 20.3 Å². The lowest BCUT2D eigenvalue weighted by molar-refractivity contribution is -0.134. The molecule has 2 atom stereocenters. The zero-order valence-corrected chi connectivity index (χ0v) is 10.1. The molecule has 2 fully saturated rings. The van der Waals surface area contributed by atoms with Crippen molar-refractivity contribution in [1.82, 2.24) is 4.90 Å². The third-order valence-electron chi connectivity index (χ3n) is 3.68. The number of halogens is 1. The van der Waals surface area contributed by atoms with Gasteiger partial charge in [-0.1, -0.05) is 28.8 Å². The first-order chi connectivity index (χ1) is 6.83. The quantitative estimate of drug-likeness (QED) is 0.663. The van der Waals surface area contributed by atoms with Crippen LogP contribution in [0, 0.1) is 5.92 Å². The summed E-state index contributed by atoms with van der Waals surface area (Å²) in [4.78, 5) is 13.8. The van der Waals surface area contributed by atoms with Gasteiger partial charge in [0.15, 0.2) is 0 Å². The van der Waals surface area contributed by atoms with Crippen molar-refractivity contribution in [3.8, 4) is 0 Å². The summed E-state index contributed by atoms with van der Waals surface area (Å²) in [5, 5.41) is 0.496. The molecule has 1 amide bonds. The highest BCUT2D eigenvalue weighted by Gasteiger charge is 2.34. The van der Waals surface area contributed by atoms with Gasteiger partial charge in [-0.3, -0.25) is 4.79 Å². The maximum Gasteiger partial charge on any atom is 0.233 e. The van der Waals surface area contributed by atoms with Crippen molar-refractivity contribution in [3.05, 3.63) is 0 Å². The summed E-state index contributed by atoms with van der Waals surface area (Å²) in [7, 11) is 0. The van der Waals surface area contributed by atoms with Gasteiger partial charge in [0.05, 0.1) is 5.33 Å². The van der Waals surface area contributed by atoms with Gasteiger partial charge in [-0.25, -0.2) is 0 Å². The van der Waals surface area contributed by atoms with E-state index in [0.29, 0.717) is 17.3 Å². The maximum atomic E-state index is 11.7. The predicted molar refractivity (Wildman–Crippen MR) is 60.5 cm³/mol. The second-order valence-corrected chi connectivity index (χ2v) is 5.04. The molecule has 0 spiro atoms. The summed E-state index contributed by atoms with van der Waals surface area (Å²) in [5.74, 6) is 1.10. The lowest BCUT2D eigenvalue weighted by Gasteiger charge is -2.44. The Bertz CT molecular complexity index is 217. The molecular weight excluding hydrogens is 242 g/mol. The summed E-state index contributed by atoms with van der Waals surface area (Å²) in [6, 6.07) is 0.572. The second-order valence-electron chi connectivity index (χ2n) is 4.47. The number of alkyl halides is 1. The zero-order valence-electron chi connectivity index (χ0n) is 8.54. The number of carbonyl (C=O) groups is 1. The minimum absolute atomic E-state index is 0.293. The van der Waals surface area contributed by atoms with Crippen LogP contribution < -0.4 is 0 Å². The monoisotopic (exact) mass is 259 g/mol. The number of piperidine rings is 1. The lowest BCUT2D eigenvalue weighted by Crippen LogP contribution is -2.50. The molecule has 2 nitrogen and oxygen atoms in total. The molecule has 0 N–H and O–H groups in total. The van der Waals surface area contributed by atoms with Crippen LogP contribution in [0.15, 0.2) is 0 Å². The normalized spacial score (nSPS) is 32.5. The predicted octanol–water partition coefficient (Wildman–Crippen LogP) is 2.56. The van der Waals surface area contributed by atoms with E-state index in [0.717, 1.165) is 12.5 Å². The van der Waals surface area contributed by atoms with Gasteiger partial charge in [0.1, 0.15) is 0 Å². The Balaban J connectivity index is 2.04. The number of amides is 1. The highest BCUT2D eigenvalue weighted by molar-refractivity contribution is 9.09. The van der Waals surface area contributed by atoms with Crippen molar-refractivity contribution in [1.29, 1.82) is 0 Å². The lowest BCUT2D eigenvalue weighted by atomic mass is 9.78. The molecule has 80 valence electrons. The molecule has 0 radical (unpaired) electrons. The number of likely N-dealkylation sites (tertiary alicyclic amines) is 1. The number of hydrogen-bond acceptors (Lipinski definition) is 1. The fourth-order valence-corrected chi connectivity index (χ4v) is 3.33. The Morgan fingerprint density at radius 2 is 1.93 bits per heavy atom. The SMILES string of the molecule is O=C(CBr)N1CCC[C@@H]2CCCC[C@@H]21. The van der Waals surface area contributed by atoms with Gasteiger partial charge in [0.2, 0.25) is 5.91 Å². The molecule has 1 saturated carbocycles. The fourth-order valence-electron chi connectivity index (χ4n) is 3.01. The van der Waals surface area contributed by atoms with E-state index in [1.807, 2.05) is 0 Å². The molecule has 2 rings (SSSR count). The van der Waals surface area contributed by atoms with E-state index in [9.17, 15) is 4.79 Å². The molecule has 2 aliphatic rings. The van der Waals surface area contributed by atoms with E-state index >= 15 is 0 Å². The first kappa shape index (κ1) is 10.5. The fraction of sp³-hybridized carbons (Fsp3) is 0.909. The molecule has 3 heteroatoms.